The maximum absolute atomic E-state index is 9.45. The van der Waals surface area contributed by atoms with Gasteiger partial charge in [0, 0.05) is 12.0 Å². The molecule has 14 heavy (non-hydrogen) atoms. The van der Waals surface area contributed by atoms with Gasteiger partial charge in [-0.3, -0.25) is 0 Å². The molecule has 0 bridgehead atoms. The molecule has 76 valence electrons. The van der Waals surface area contributed by atoms with E-state index >= 15 is 0 Å². The van der Waals surface area contributed by atoms with Gasteiger partial charge in [0.25, 0.3) is 0 Å². The van der Waals surface area contributed by atoms with Crippen molar-refractivity contribution < 1.29 is 10.2 Å². The topological polar surface area (TPSA) is 66.5 Å². The lowest BCUT2D eigenvalue weighted by Crippen LogP contribution is -2.19. The summed E-state index contributed by atoms with van der Waals surface area (Å²) in [4.78, 5) is 0. The van der Waals surface area contributed by atoms with Gasteiger partial charge in [0.2, 0.25) is 0 Å². The van der Waals surface area contributed by atoms with Gasteiger partial charge >= 0.3 is 0 Å². The molecule has 0 unspecified atom stereocenters. The van der Waals surface area contributed by atoms with E-state index in [2.05, 4.69) is 15.9 Å². The van der Waals surface area contributed by atoms with Crippen molar-refractivity contribution in [1.82, 2.24) is 0 Å². The monoisotopic (exact) mass is 257 g/mol. The zero-order valence-corrected chi connectivity index (χ0v) is 9.21. The molecule has 1 aliphatic carbocycles. The van der Waals surface area contributed by atoms with Crippen LogP contribution in [0.1, 0.15) is 18.4 Å². The second kappa shape index (κ2) is 3.14. The van der Waals surface area contributed by atoms with Crippen molar-refractivity contribution in [2.45, 2.75) is 18.3 Å². The number of phenolic OH excluding ortho intramolecular Hbond substituents is 2. The van der Waals surface area contributed by atoms with Gasteiger partial charge in [-0.05, 0) is 46.5 Å². The number of hydrogen-bond donors (Lipinski definition) is 3. The first kappa shape index (κ1) is 9.80. The van der Waals surface area contributed by atoms with Gasteiger partial charge < -0.3 is 15.9 Å². The minimum absolute atomic E-state index is 0.0354. The van der Waals surface area contributed by atoms with Crippen molar-refractivity contribution in [3.63, 3.8) is 0 Å². The third-order valence-electron chi connectivity index (χ3n) is 2.90. The second-order valence-corrected chi connectivity index (χ2v) is 4.66. The molecule has 1 fully saturated rings. The Morgan fingerprint density at radius 3 is 2.43 bits per heavy atom. The molecule has 1 aliphatic rings. The molecule has 1 aromatic carbocycles. The first-order chi connectivity index (χ1) is 6.59. The quantitative estimate of drug-likeness (QED) is 0.709. The summed E-state index contributed by atoms with van der Waals surface area (Å²) >= 11 is 3.20. The van der Waals surface area contributed by atoms with Gasteiger partial charge in [-0.25, -0.2) is 0 Å². The smallest absolute Gasteiger partial charge is 0.171 e. The van der Waals surface area contributed by atoms with E-state index in [4.69, 9.17) is 5.73 Å². The Morgan fingerprint density at radius 2 is 2.00 bits per heavy atom. The zero-order valence-electron chi connectivity index (χ0n) is 7.63. The lowest BCUT2D eigenvalue weighted by Gasteiger charge is -2.14. The lowest BCUT2D eigenvalue weighted by atomic mass is 9.96. The molecule has 4 heteroatoms. The highest BCUT2D eigenvalue weighted by Gasteiger charge is 2.43. The van der Waals surface area contributed by atoms with Crippen LogP contribution in [-0.4, -0.2) is 16.8 Å². The standard InChI is InChI=1S/C10H12BrNO2/c11-7-3-6(4-8(13)9(7)14)10(5-12)1-2-10/h3-4,13-14H,1-2,5,12H2. The molecule has 2 rings (SSSR count). The third-order valence-corrected chi connectivity index (χ3v) is 3.50. The highest BCUT2D eigenvalue weighted by Crippen LogP contribution is 2.50. The number of hydrogen-bond acceptors (Lipinski definition) is 3. The molecule has 0 radical (unpaired) electrons. The maximum Gasteiger partial charge on any atom is 0.171 e. The van der Waals surface area contributed by atoms with Crippen molar-refractivity contribution in [3.05, 3.63) is 22.2 Å². The predicted molar refractivity (Wildman–Crippen MR) is 57.4 cm³/mol. The SMILES string of the molecule is NCC1(c2cc(O)c(O)c(Br)c2)CC1. The van der Waals surface area contributed by atoms with E-state index in [-0.39, 0.29) is 16.9 Å². The fourth-order valence-corrected chi connectivity index (χ4v) is 2.10. The third kappa shape index (κ3) is 1.38. The van der Waals surface area contributed by atoms with E-state index in [1.165, 1.54) is 0 Å². The average Bonchev–Trinajstić information content (AvgIpc) is 2.94. The number of phenols is 2. The zero-order chi connectivity index (χ0) is 10.3. The Hall–Kier alpha value is -0.740. The Morgan fingerprint density at radius 1 is 1.36 bits per heavy atom. The first-order valence-electron chi connectivity index (χ1n) is 4.51. The Balaban J connectivity index is 2.46. The summed E-state index contributed by atoms with van der Waals surface area (Å²) < 4.78 is 0.521. The first-order valence-corrected chi connectivity index (χ1v) is 5.30. The molecule has 3 nitrogen and oxygen atoms in total. The summed E-state index contributed by atoms with van der Waals surface area (Å²) in [6.45, 7) is 0.587. The van der Waals surface area contributed by atoms with Crippen LogP contribution in [0, 0.1) is 0 Å². The Bertz CT molecular complexity index is 351. The summed E-state index contributed by atoms with van der Waals surface area (Å²) in [6.07, 6.45) is 2.11. The second-order valence-electron chi connectivity index (χ2n) is 3.81. The van der Waals surface area contributed by atoms with Gasteiger partial charge in [-0.1, -0.05) is 0 Å². The number of aromatic hydroxyl groups is 2. The van der Waals surface area contributed by atoms with E-state index in [1.54, 1.807) is 6.07 Å². The van der Waals surface area contributed by atoms with Crippen LogP contribution >= 0.6 is 15.9 Å². The van der Waals surface area contributed by atoms with E-state index in [0.717, 1.165) is 18.4 Å². The van der Waals surface area contributed by atoms with Crippen LogP contribution in [0.5, 0.6) is 11.5 Å². The number of nitrogens with two attached hydrogens (primary N) is 1. The molecule has 0 atom stereocenters. The van der Waals surface area contributed by atoms with Crippen molar-refractivity contribution >= 4 is 15.9 Å². The fraction of sp³-hybridized carbons (Fsp3) is 0.400. The molecule has 0 aromatic heterocycles. The van der Waals surface area contributed by atoms with Gasteiger partial charge in [0.05, 0.1) is 4.47 Å². The molecule has 0 saturated heterocycles. The molecule has 1 saturated carbocycles. The van der Waals surface area contributed by atoms with Crippen LogP contribution in [0.15, 0.2) is 16.6 Å². The Kier molecular flexibility index (Phi) is 2.20. The minimum Gasteiger partial charge on any atom is -0.504 e. The average molecular weight is 258 g/mol. The highest BCUT2D eigenvalue weighted by atomic mass is 79.9. The Labute approximate surface area is 90.7 Å². The number of halogens is 1. The van der Waals surface area contributed by atoms with Crippen LogP contribution in [0.4, 0.5) is 0 Å². The van der Waals surface area contributed by atoms with E-state index in [0.29, 0.717) is 11.0 Å². The summed E-state index contributed by atoms with van der Waals surface area (Å²) in [5.74, 6) is -0.198. The summed E-state index contributed by atoms with van der Waals surface area (Å²) in [5.41, 5.74) is 6.72. The molecule has 0 heterocycles. The van der Waals surface area contributed by atoms with Gasteiger partial charge in [0.1, 0.15) is 0 Å². The number of rotatable bonds is 2. The molecule has 4 N–H and O–H groups in total. The molecule has 0 aliphatic heterocycles. The van der Waals surface area contributed by atoms with Crippen molar-refractivity contribution in [3.8, 4) is 11.5 Å². The normalized spacial score (nSPS) is 18.1. The molecule has 0 spiro atoms. The van der Waals surface area contributed by atoms with E-state index < -0.39 is 0 Å². The van der Waals surface area contributed by atoms with Crippen LogP contribution in [-0.2, 0) is 5.41 Å². The highest BCUT2D eigenvalue weighted by molar-refractivity contribution is 9.10. The van der Waals surface area contributed by atoms with Crippen LogP contribution in [0.3, 0.4) is 0 Å². The van der Waals surface area contributed by atoms with Gasteiger partial charge in [-0.2, -0.15) is 0 Å². The van der Waals surface area contributed by atoms with Crippen LogP contribution in [0.25, 0.3) is 0 Å². The van der Waals surface area contributed by atoms with Crippen LogP contribution in [0.2, 0.25) is 0 Å². The van der Waals surface area contributed by atoms with E-state index in [1.807, 2.05) is 6.07 Å². The van der Waals surface area contributed by atoms with Gasteiger partial charge in [0.15, 0.2) is 11.5 Å². The summed E-state index contributed by atoms with van der Waals surface area (Å²) in [7, 11) is 0. The van der Waals surface area contributed by atoms with Crippen molar-refractivity contribution in [1.29, 1.82) is 0 Å². The van der Waals surface area contributed by atoms with Gasteiger partial charge in [-0.15, -0.1) is 0 Å². The molecule has 0 amide bonds. The molecule has 1 aromatic rings. The lowest BCUT2D eigenvalue weighted by molar-refractivity contribution is 0.400. The predicted octanol–water partition coefficient (Wildman–Crippen LogP) is 1.85. The summed E-state index contributed by atoms with van der Waals surface area (Å²) in [6, 6.07) is 3.43. The summed E-state index contributed by atoms with van der Waals surface area (Å²) in [5, 5.41) is 18.8. The van der Waals surface area contributed by atoms with Crippen LogP contribution < -0.4 is 5.73 Å². The fourth-order valence-electron chi connectivity index (χ4n) is 1.65. The number of benzene rings is 1. The molecular formula is C10H12BrNO2. The minimum atomic E-state index is -0.110. The van der Waals surface area contributed by atoms with E-state index in [9.17, 15) is 10.2 Å². The maximum atomic E-state index is 9.45. The largest absolute Gasteiger partial charge is 0.504 e. The van der Waals surface area contributed by atoms with Crippen molar-refractivity contribution in [2.24, 2.45) is 5.73 Å². The van der Waals surface area contributed by atoms with Crippen molar-refractivity contribution in [2.75, 3.05) is 6.54 Å². The molecular weight excluding hydrogens is 246 g/mol.